The summed E-state index contributed by atoms with van der Waals surface area (Å²) in [5.41, 5.74) is 1.45. The molecule has 70 valence electrons. The molecule has 1 fully saturated rings. The maximum atomic E-state index is 5.37. The number of rotatable bonds is 4. The Morgan fingerprint density at radius 3 is 2.62 bits per heavy atom. The van der Waals surface area contributed by atoms with Gasteiger partial charge in [-0.2, -0.15) is 0 Å². The molecule has 1 aromatic carbocycles. The molecule has 0 aliphatic carbocycles. The molecule has 1 aliphatic heterocycles. The molecule has 1 nitrogen and oxygen atoms in total. The van der Waals surface area contributed by atoms with Crippen LogP contribution in [-0.4, -0.2) is 12.7 Å². The average molecular weight is 176 g/mol. The van der Waals surface area contributed by atoms with Crippen molar-refractivity contribution in [1.29, 1.82) is 0 Å². The smallest absolute Gasteiger partial charge is 0.0597 e. The molecular formula is C12H16O. The fourth-order valence-corrected chi connectivity index (χ4v) is 1.69. The fraction of sp³-hybridized carbons (Fsp3) is 0.500. The molecule has 0 saturated carbocycles. The van der Waals surface area contributed by atoms with Crippen LogP contribution in [0.1, 0.15) is 24.8 Å². The summed E-state index contributed by atoms with van der Waals surface area (Å²) in [7, 11) is 0. The van der Waals surface area contributed by atoms with E-state index in [1.807, 2.05) is 0 Å². The molecule has 2 rings (SSSR count). The summed E-state index contributed by atoms with van der Waals surface area (Å²) < 4.78 is 5.37. The van der Waals surface area contributed by atoms with Crippen LogP contribution in [-0.2, 0) is 11.2 Å². The van der Waals surface area contributed by atoms with Crippen LogP contribution in [0.25, 0.3) is 0 Å². The van der Waals surface area contributed by atoms with Crippen molar-refractivity contribution in [2.24, 2.45) is 0 Å². The summed E-state index contributed by atoms with van der Waals surface area (Å²) in [6, 6.07) is 10.7. The Morgan fingerprint density at radius 1 is 1.23 bits per heavy atom. The number of hydrogen-bond donors (Lipinski definition) is 0. The standard InChI is InChI=1S/C12H16O/c1-2-5-11(6-3-1)7-4-8-12-9-10-13-12/h1-3,5-6,12H,4,7-10H2/t12-/m0/s1. The van der Waals surface area contributed by atoms with Crippen molar-refractivity contribution >= 4 is 0 Å². The fourth-order valence-electron chi connectivity index (χ4n) is 1.69. The first-order valence-corrected chi connectivity index (χ1v) is 5.11. The Labute approximate surface area is 79.7 Å². The monoisotopic (exact) mass is 176 g/mol. The zero-order chi connectivity index (χ0) is 8.93. The summed E-state index contributed by atoms with van der Waals surface area (Å²) in [6.45, 7) is 0.982. The van der Waals surface area contributed by atoms with E-state index in [9.17, 15) is 0 Å². The van der Waals surface area contributed by atoms with Crippen molar-refractivity contribution in [2.45, 2.75) is 31.8 Å². The Bertz CT molecular complexity index is 239. The van der Waals surface area contributed by atoms with Crippen LogP contribution in [0.15, 0.2) is 30.3 Å². The molecule has 13 heavy (non-hydrogen) atoms. The van der Waals surface area contributed by atoms with E-state index >= 15 is 0 Å². The largest absolute Gasteiger partial charge is 0.378 e. The van der Waals surface area contributed by atoms with Crippen molar-refractivity contribution in [3.63, 3.8) is 0 Å². The van der Waals surface area contributed by atoms with Gasteiger partial charge in [-0.25, -0.2) is 0 Å². The Kier molecular flexibility index (Phi) is 2.98. The summed E-state index contributed by atoms with van der Waals surface area (Å²) in [5.74, 6) is 0. The lowest BCUT2D eigenvalue weighted by Gasteiger charge is -2.26. The number of ether oxygens (including phenoxy) is 1. The topological polar surface area (TPSA) is 9.23 Å². The zero-order valence-corrected chi connectivity index (χ0v) is 7.91. The second-order valence-electron chi connectivity index (χ2n) is 3.66. The van der Waals surface area contributed by atoms with Crippen molar-refractivity contribution < 1.29 is 4.74 Å². The van der Waals surface area contributed by atoms with Crippen LogP contribution >= 0.6 is 0 Å². The lowest BCUT2D eigenvalue weighted by Crippen LogP contribution is -2.26. The molecular weight excluding hydrogens is 160 g/mol. The maximum absolute atomic E-state index is 5.37. The Morgan fingerprint density at radius 2 is 2.00 bits per heavy atom. The second kappa shape index (κ2) is 4.43. The van der Waals surface area contributed by atoms with Gasteiger partial charge >= 0.3 is 0 Å². The third-order valence-electron chi connectivity index (χ3n) is 2.63. The van der Waals surface area contributed by atoms with Gasteiger partial charge in [0.1, 0.15) is 0 Å². The highest BCUT2D eigenvalue weighted by atomic mass is 16.5. The minimum Gasteiger partial charge on any atom is -0.378 e. The summed E-state index contributed by atoms with van der Waals surface area (Å²) in [4.78, 5) is 0. The van der Waals surface area contributed by atoms with E-state index in [0.717, 1.165) is 6.61 Å². The lowest BCUT2D eigenvalue weighted by molar-refractivity contribution is -0.0552. The van der Waals surface area contributed by atoms with Gasteiger partial charge in [-0.3, -0.25) is 0 Å². The highest BCUT2D eigenvalue weighted by Gasteiger charge is 2.16. The van der Waals surface area contributed by atoms with E-state index in [1.165, 1.54) is 31.2 Å². The molecule has 0 spiro atoms. The van der Waals surface area contributed by atoms with Crippen LogP contribution in [0.5, 0.6) is 0 Å². The van der Waals surface area contributed by atoms with Gasteiger partial charge in [0.05, 0.1) is 6.10 Å². The second-order valence-corrected chi connectivity index (χ2v) is 3.66. The lowest BCUT2D eigenvalue weighted by atomic mass is 10.0. The van der Waals surface area contributed by atoms with Crippen LogP contribution in [0.3, 0.4) is 0 Å². The highest BCUT2D eigenvalue weighted by Crippen LogP contribution is 2.17. The number of hydrogen-bond acceptors (Lipinski definition) is 1. The van der Waals surface area contributed by atoms with Crippen LogP contribution in [0.4, 0.5) is 0 Å². The van der Waals surface area contributed by atoms with Gasteiger partial charge in [-0.05, 0) is 31.2 Å². The molecule has 0 bridgehead atoms. The van der Waals surface area contributed by atoms with Gasteiger partial charge < -0.3 is 4.74 Å². The SMILES string of the molecule is c1ccc(CCC[C@H]2CCO2)cc1. The predicted octanol–water partition coefficient (Wildman–Crippen LogP) is 2.80. The van der Waals surface area contributed by atoms with Gasteiger partial charge in [0.25, 0.3) is 0 Å². The maximum Gasteiger partial charge on any atom is 0.0597 e. The third kappa shape index (κ3) is 2.56. The molecule has 1 heteroatoms. The summed E-state index contributed by atoms with van der Waals surface area (Å²) in [6.07, 6.45) is 5.53. The van der Waals surface area contributed by atoms with Gasteiger partial charge in [-0.15, -0.1) is 0 Å². The average Bonchev–Trinajstić information content (AvgIpc) is 2.11. The predicted molar refractivity (Wildman–Crippen MR) is 53.7 cm³/mol. The minimum atomic E-state index is 0.573. The molecule has 0 N–H and O–H groups in total. The van der Waals surface area contributed by atoms with Gasteiger partial charge in [0.15, 0.2) is 0 Å². The van der Waals surface area contributed by atoms with Crippen molar-refractivity contribution in [2.75, 3.05) is 6.61 Å². The zero-order valence-electron chi connectivity index (χ0n) is 7.91. The first kappa shape index (κ1) is 8.76. The Hall–Kier alpha value is -0.820. The van der Waals surface area contributed by atoms with E-state index in [4.69, 9.17) is 4.74 Å². The summed E-state index contributed by atoms with van der Waals surface area (Å²) in [5, 5.41) is 0. The first-order chi connectivity index (χ1) is 6.45. The quantitative estimate of drug-likeness (QED) is 0.685. The van der Waals surface area contributed by atoms with Gasteiger partial charge in [0, 0.05) is 6.61 Å². The van der Waals surface area contributed by atoms with Gasteiger partial charge in [-0.1, -0.05) is 30.3 Å². The van der Waals surface area contributed by atoms with E-state index in [2.05, 4.69) is 30.3 Å². The molecule has 0 radical (unpaired) electrons. The van der Waals surface area contributed by atoms with Crippen LogP contribution in [0.2, 0.25) is 0 Å². The molecule has 1 aromatic rings. The van der Waals surface area contributed by atoms with Gasteiger partial charge in [0.2, 0.25) is 0 Å². The summed E-state index contributed by atoms with van der Waals surface area (Å²) >= 11 is 0. The van der Waals surface area contributed by atoms with E-state index in [-0.39, 0.29) is 0 Å². The first-order valence-electron chi connectivity index (χ1n) is 5.11. The van der Waals surface area contributed by atoms with E-state index < -0.39 is 0 Å². The number of benzene rings is 1. The van der Waals surface area contributed by atoms with Crippen molar-refractivity contribution in [1.82, 2.24) is 0 Å². The Balaban J connectivity index is 1.67. The number of aryl methyl sites for hydroxylation is 1. The molecule has 0 aromatic heterocycles. The van der Waals surface area contributed by atoms with Crippen molar-refractivity contribution in [3.05, 3.63) is 35.9 Å². The van der Waals surface area contributed by atoms with Crippen molar-refractivity contribution in [3.8, 4) is 0 Å². The van der Waals surface area contributed by atoms with Crippen LogP contribution in [0, 0.1) is 0 Å². The normalized spacial score (nSPS) is 21.1. The third-order valence-corrected chi connectivity index (χ3v) is 2.63. The molecule has 1 aliphatic rings. The molecule has 0 amide bonds. The van der Waals surface area contributed by atoms with E-state index in [1.54, 1.807) is 0 Å². The minimum absolute atomic E-state index is 0.573. The highest BCUT2D eigenvalue weighted by molar-refractivity contribution is 5.14. The molecule has 1 heterocycles. The molecule has 1 saturated heterocycles. The van der Waals surface area contributed by atoms with E-state index in [0.29, 0.717) is 6.10 Å². The molecule has 0 unspecified atom stereocenters. The van der Waals surface area contributed by atoms with Crippen LogP contribution < -0.4 is 0 Å². The molecule has 1 atom stereocenters.